The number of aromatic carboxylic acids is 1. The number of hydrogen-bond donors (Lipinski definition) is 2. The molecule has 0 radical (unpaired) electrons. The van der Waals surface area contributed by atoms with Crippen LogP contribution >= 0.6 is 11.6 Å². The van der Waals surface area contributed by atoms with Gasteiger partial charge in [0.05, 0.1) is 11.3 Å². The standard InChI is InChI=1S/C14H11ClN2O3/c1-8-3-2-4-12(16-8)13(18)17-11-6-5-9(15)7-10(11)14(19)20/h2-7H,1H3,(H,17,18)(H,19,20). The lowest BCUT2D eigenvalue weighted by Crippen LogP contribution is -2.16. The summed E-state index contributed by atoms with van der Waals surface area (Å²) in [5, 5.41) is 11.9. The summed E-state index contributed by atoms with van der Waals surface area (Å²) in [7, 11) is 0. The molecule has 1 aromatic heterocycles. The predicted molar refractivity (Wildman–Crippen MR) is 75.3 cm³/mol. The van der Waals surface area contributed by atoms with E-state index in [4.69, 9.17) is 16.7 Å². The lowest BCUT2D eigenvalue weighted by atomic mass is 10.1. The molecule has 2 N–H and O–H groups in total. The van der Waals surface area contributed by atoms with E-state index in [1.54, 1.807) is 25.1 Å². The highest BCUT2D eigenvalue weighted by Gasteiger charge is 2.14. The average Bonchev–Trinajstić information content (AvgIpc) is 2.40. The molecule has 1 heterocycles. The van der Waals surface area contributed by atoms with Crippen molar-refractivity contribution >= 4 is 29.2 Å². The number of nitrogens with one attached hydrogen (secondary N) is 1. The number of hydrogen-bond acceptors (Lipinski definition) is 3. The fourth-order valence-corrected chi connectivity index (χ4v) is 1.83. The van der Waals surface area contributed by atoms with Crippen LogP contribution in [0.5, 0.6) is 0 Å². The molecule has 2 aromatic rings. The van der Waals surface area contributed by atoms with Gasteiger partial charge in [0.2, 0.25) is 0 Å². The van der Waals surface area contributed by atoms with Crippen LogP contribution in [0.3, 0.4) is 0 Å². The van der Waals surface area contributed by atoms with E-state index in [0.717, 1.165) is 0 Å². The largest absolute Gasteiger partial charge is 0.478 e. The molecule has 102 valence electrons. The molecule has 6 heteroatoms. The maximum atomic E-state index is 12.0. The molecular weight excluding hydrogens is 280 g/mol. The van der Waals surface area contributed by atoms with Gasteiger partial charge in [0.1, 0.15) is 5.69 Å². The van der Waals surface area contributed by atoms with Crippen LogP contribution in [0.25, 0.3) is 0 Å². The number of amides is 1. The number of aryl methyl sites for hydroxylation is 1. The van der Waals surface area contributed by atoms with E-state index in [9.17, 15) is 9.59 Å². The lowest BCUT2D eigenvalue weighted by molar-refractivity contribution is 0.0698. The smallest absolute Gasteiger partial charge is 0.337 e. The van der Waals surface area contributed by atoms with Gasteiger partial charge in [0.15, 0.2) is 0 Å². The highest BCUT2D eigenvalue weighted by molar-refractivity contribution is 6.31. The first kappa shape index (κ1) is 14.0. The highest BCUT2D eigenvalue weighted by atomic mass is 35.5. The fraction of sp³-hybridized carbons (Fsp3) is 0.0714. The highest BCUT2D eigenvalue weighted by Crippen LogP contribution is 2.21. The van der Waals surface area contributed by atoms with Crippen molar-refractivity contribution in [2.24, 2.45) is 0 Å². The van der Waals surface area contributed by atoms with Gasteiger partial charge in [0.25, 0.3) is 5.91 Å². The van der Waals surface area contributed by atoms with Gasteiger partial charge >= 0.3 is 5.97 Å². The van der Waals surface area contributed by atoms with Crippen molar-refractivity contribution in [2.75, 3.05) is 5.32 Å². The minimum atomic E-state index is -1.17. The number of anilines is 1. The molecule has 1 amide bonds. The second-order valence-electron chi connectivity index (χ2n) is 4.11. The van der Waals surface area contributed by atoms with Crippen molar-refractivity contribution in [3.05, 3.63) is 58.4 Å². The number of benzene rings is 1. The number of rotatable bonds is 3. The number of pyridine rings is 1. The molecule has 5 nitrogen and oxygen atoms in total. The average molecular weight is 291 g/mol. The number of halogens is 1. The molecule has 20 heavy (non-hydrogen) atoms. The van der Waals surface area contributed by atoms with Crippen LogP contribution in [0.15, 0.2) is 36.4 Å². The van der Waals surface area contributed by atoms with Crippen LogP contribution in [0.4, 0.5) is 5.69 Å². The first-order chi connectivity index (χ1) is 9.47. The molecule has 0 saturated heterocycles. The normalized spacial score (nSPS) is 10.1. The zero-order valence-electron chi connectivity index (χ0n) is 10.6. The number of carboxylic acids is 1. The van der Waals surface area contributed by atoms with Crippen LogP contribution in [0.2, 0.25) is 5.02 Å². The van der Waals surface area contributed by atoms with Crippen LogP contribution in [0.1, 0.15) is 26.5 Å². The number of carbonyl (C=O) groups is 2. The van der Waals surface area contributed by atoms with Gasteiger partial charge in [-0.25, -0.2) is 9.78 Å². The predicted octanol–water partition coefficient (Wildman–Crippen LogP) is 2.99. The molecule has 0 bridgehead atoms. The Bertz CT molecular complexity index is 686. The third kappa shape index (κ3) is 3.13. The van der Waals surface area contributed by atoms with Crippen molar-refractivity contribution in [1.82, 2.24) is 4.98 Å². The molecular formula is C14H11ClN2O3. The first-order valence-electron chi connectivity index (χ1n) is 5.75. The van der Waals surface area contributed by atoms with Gasteiger partial charge in [-0.1, -0.05) is 17.7 Å². The zero-order valence-corrected chi connectivity index (χ0v) is 11.3. The SMILES string of the molecule is Cc1cccc(C(=O)Nc2ccc(Cl)cc2C(=O)O)n1. The van der Waals surface area contributed by atoms with Gasteiger partial charge in [-0.3, -0.25) is 4.79 Å². The van der Waals surface area contributed by atoms with E-state index in [1.807, 2.05) is 0 Å². The van der Waals surface area contributed by atoms with Crippen molar-refractivity contribution in [1.29, 1.82) is 0 Å². The van der Waals surface area contributed by atoms with E-state index in [1.165, 1.54) is 18.2 Å². The molecule has 0 aliphatic carbocycles. The van der Waals surface area contributed by atoms with Gasteiger partial charge in [-0.05, 0) is 37.3 Å². The summed E-state index contributed by atoms with van der Waals surface area (Å²) in [4.78, 5) is 27.2. The Balaban J connectivity index is 2.30. The second kappa shape index (κ2) is 5.71. The fourth-order valence-electron chi connectivity index (χ4n) is 1.66. The number of aromatic nitrogens is 1. The molecule has 0 fully saturated rings. The third-order valence-corrected chi connectivity index (χ3v) is 2.82. The molecule has 0 aliphatic heterocycles. The van der Waals surface area contributed by atoms with Gasteiger partial charge in [0, 0.05) is 10.7 Å². The quantitative estimate of drug-likeness (QED) is 0.911. The maximum absolute atomic E-state index is 12.0. The Morgan fingerprint density at radius 2 is 2.00 bits per heavy atom. The van der Waals surface area contributed by atoms with Crippen molar-refractivity contribution in [3.63, 3.8) is 0 Å². The van der Waals surface area contributed by atoms with Gasteiger partial charge in [-0.2, -0.15) is 0 Å². The summed E-state index contributed by atoms with van der Waals surface area (Å²) in [5.41, 5.74) is 1.03. The molecule has 0 unspecified atom stereocenters. The monoisotopic (exact) mass is 290 g/mol. The number of carboxylic acid groups (broad SMARTS) is 1. The molecule has 1 aromatic carbocycles. The van der Waals surface area contributed by atoms with Crippen molar-refractivity contribution in [2.45, 2.75) is 6.92 Å². The van der Waals surface area contributed by atoms with Gasteiger partial charge in [-0.15, -0.1) is 0 Å². The van der Waals surface area contributed by atoms with Gasteiger partial charge < -0.3 is 10.4 Å². The summed E-state index contributed by atoms with van der Waals surface area (Å²) in [6.07, 6.45) is 0. The number of carbonyl (C=O) groups excluding carboxylic acids is 1. The minimum Gasteiger partial charge on any atom is -0.478 e. The third-order valence-electron chi connectivity index (χ3n) is 2.58. The van der Waals surface area contributed by atoms with Crippen molar-refractivity contribution in [3.8, 4) is 0 Å². The van der Waals surface area contributed by atoms with E-state index >= 15 is 0 Å². The lowest BCUT2D eigenvalue weighted by Gasteiger charge is -2.08. The maximum Gasteiger partial charge on any atom is 0.337 e. The summed E-state index contributed by atoms with van der Waals surface area (Å²) >= 11 is 5.75. The minimum absolute atomic E-state index is 0.0708. The molecule has 0 spiro atoms. The van der Waals surface area contributed by atoms with E-state index < -0.39 is 11.9 Å². The van der Waals surface area contributed by atoms with E-state index in [-0.39, 0.29) is 22.0 Å². The topological polar surface area (TPSA) is 79.3 Å². The Labute approximate surface area is 120 Å². The van der Waals surface area contributed by atoms with Crippen LogP contribution in [0, 0.1) is 6.92 Å². The summed E-state index contributed by atoms with van der Waals surface area (Å²) < 4.78 is 0. The molecule has 2 rings (SSSR count). The zero-order chi connectivity index (χ0) is 14.7. The molecule has 0 saturated carbocycles. The van der Waals surface area contributed by atoms with Crippen LogP contribution < -0.4 is 5.32 Å². The Hall–Kier alpha value is -2.40. The van der Waals surface area contributed by atoms with E-state index in [2.05, 4.69) is 10.3 Å². The summed E-state index contributed by atoms with van der Waals surface area (Å²) in [5.74, 6) is -1.64. The van der Waals surface area contributed by atoms with Crippen molar-refractivity contribution < 1.29 is 14.7 Å². The molecule has 0 aliphatic rings. The first-order valence-corrected chi connectivity index (χ1v) is 6.13. The Morgan fingerprint density at radius 1 is 1.25 bits per heavy atom. The van der Waals surface area contributed by atoms with E-state index in [0.29, 0.717) is 5.69 Å². The summed E-state index contributed by atoms with van der Waals surface area (Å²) in [6, 6.07) is 9.26. The summed E-state index contributed by atoms with van der Waals surface area (Å²) in [6.45, 7) is 1.77. The Kier molecular flexibility index (Phi) is 4.00. The van der Waals surface area contributed by atoms with Crippen LogP contribution in [-0.4, -0.2) is 22.0 Å². The molecule has 0 atom stereocenters. The second-order valence-corrected chi connectivity index (χ2v) is 4.55. The van der Waals surface area contributed by atoms with Crippen LogP contribution in [-0.2, 0) is 0 Å². The number of nitrogens with zero attached hydrogens (tertiary/aromatic N) is 1. The Morgan fingerprint density at radius 3 is 2.65 bits per heavy atom.